The molecular formula is C84H113N13O25. The molecule has 0 aromatic heterocycles. The Kier molecular flexibility index (Phi) is 33.4. The van der Waals surface area contributed by atoms with Gasteiger partial charge in [0, 0.05) is 57.2 Å². The number of carboxylic acids is 1. The van der Waals surface area contributed by atoms with Crippen LogP contribution in [0.4, 0.5) is 0 Å². The average Bonchev–Trinajstić information content (AvgIpc) is 0.667. The molecule has 2 bridgehead atoms. The number of fused-ring (bicyclic) bond motifs is 5. The molecule has 4 fully saturated rings. The van der Waals surface area contributed by atoms with Crippen LogP contribution in [0.2, 0.25) is 0 Å². The monoisotopic (exact) mass is 1700 g/mol. The number of Topliss-reactive ketones (excluding diaryl/α,β-unsaturated/α-hetero) is 1. The Morgan fingerprint density at radius 3 is 1.80 bits per heavy atom. The number of rotatable bonds is 31. The summed E-state index contributed by atoms with van der Waals surface area (Å²) < 4.78 is 37.2. The van der Waals surface area contributed by atoms with Gasteiger partial charge in [0.15, 0.2) is 23.4 Å². The lowest BCUT2D eigenvalue weighted by Gasteiger charge is -2.67. The van der Waals surface area contributed by atoms with Crippen LogP contribution in [0, 0.1) is 28.1 Å². The minimum Gasteiger partial charge on any atom is -0.481 e. The zero-order chi connectivity index (χ0) is 89.7. The summed E-state index contributed by atoms with van der Waals surface area (Å²) in [7, 11) is 0. The molecule has 8 rings (SSSR count). The van der Waals surface area contributed by atoms with Crippen molar-refractivity contribution in [2.45, 2.75) is 242 Å². The summed E-state index contributed by atoms with van der Waals surface area (Å²) in [6.45, 7) is 11.4. The fourth-order valence-electron chi connectivity index (χ4n) is 16.4. The van der Waals surface area contributed by atoms with Gasteiger partial charge in [0.1, 0.15) is 66.2 Å². The maximum Gasteiger partial charge on any atom is 0.350 e. The minimum absolute atomic E-state index is 0.00186. The Labute approximate surface area is 704 Å². The van der Waals surface area contributed by atoms with Gasteiger partial charge in [-0.1, -0.05) is 94.4 Å². The second kappa shape index (κ2) is 42.6. The van der Waals surface area contributed by atoms with Crippen molar-refractivity contribution in [3.8, 4) is 0 Å². The van der Waals surface area contributed by atoms with Crippen LogP contribution in [0.3, 0.4) is 0 Å². The summed E-state index contributed by atoms with van der Waals surface area (Å²) in [4.78, 5) is 227. The van der Waals surface area contributed by atoms with E-state index in [9.17, 15) is 82.4 Å². The molecule has 18 N–H and O–H groups in total. The predicted molar refractivity (Wildman–Crippen MR) is 432 cm³/mol. The molecule has 0 unspecified atom stereocenters. The number of aliphatic hydroxyl groups is 2. The SMILES string of the molecule is CC(=O)O[C@H]1C(=O)[C@@]2(C)[C@H]([C@H](OC(=O)c3ccccc3)[C@]3(O)C[C@H](OC(=O)[C@H](OC(=O)CCC(=O)NCCCC[C@@H]4NC(=O)[C@H](CC(C)C)NC(=O)[C@H](C)NC(=O)[C@H](CCCCN)NC(=O)[C@H](CCCNC(=N)N)NC(=O)CNC(=O)[C@@H](CC(=O)O)NC4=O)[C@@H](NC(=O)c4ccccc4)c4ccccc4)C(C)=C1C3(C)C)[C@]1(OC(C)=O)CO[C@@H]1C[C@@H]2O. The van der Waals surface area contributed by atoms with Crippen molar-refractivity contribution >= 4 is 101 Å². The number of unbranched alkanes of at least 4 members (excludes halogenated alkanes) is 2. The van der Waals surface area contributed by atoms with E-state index in [1.807, 2.05) is 0 Å². The molecule has 664 valence electrons. The second-order valence-corrected chi connectivity index (χ2v) is 32.5. The Hall–Kier alpha value is -11.8. The highest BCUT2D eigenvalue weighted by Gasteiger charge is 2.78. The minimum atomic E-state index is -2.62. The van der Waals surface area contributed by atoms with Gasteiger partial charge in [0.05, 0.1) is 49.0 Å². The average molecular weight is 1700 g/mol. The van der Waals surface area contributed by atoms with Gasteiger partial charge >= 0.3 is 35.8 Å². The molecule has 9 amide bonds. The molecule has 0 radical (unpaired) electrons. The first-order chi connectivity index (χ1) is 57.7. The van der Waals surface area contributed by atoms with Crippen LogP contribution in [0.25, 0.3) is 0 Å². The lowest BCUT2D eigenvalue weighted by atomic mass is 9.44. The molecule has 3 aromatic carbocycles. The van der Waals surface area contributed by atoms with Crippen LogP contribution in [0.1, 0.15) is 185 Å². The number of amides is 9. The number of hydrogen-bond donors (Lipinski definition) is 16. The molecule has 2 heterocycles. The normalized spacial score (nSPS) is 27.5. The van der Waals surface area contributed by atoms with Crippen LogP contribution in [-0.2, 0) is 95.5 Å². The number of benzene rings is 3. The Morgan fingerprint density at radius 1 is 0.664 bits per heavy atom. The maximum atomic E-state index is 16.0. The third-order valence-corrected chi connectivity index (χ3v) is 22.9. The van der Waals surface area contributed by atoms with E-state index in [2.05, 4.69) is 53.2 Å². The van der Waals surface area contributed by atoms with Gasteiger partial charge in [0.25, 0.3) is 5.91 Å². The van der Waals surface area contributed by atoms with Gasteiger partial charge in [0.2, 0.25) is 53.4 Å². The summed E-state index contributed by atoms with van der Waals surface area (Å²) >= 11 is 0. The van der Waals surface area contributed by atoms with Crippen molar-refractivity contribution in [1.82, 2.24) is 53.2 Å². The van der Waals surface area contributed by atoms with E-state index >= 15 is 9.59 Å². The number of ketones is 1. The molecule has 2 saturated heterocycles. The van der Waals surface area contributed by atoms with Crippen LogP contribution in [-0.4, -0.2) is 233 Å². The van der Waals surface area contributed by atoms with E-state index in [4.69, 9.17) is 45.3 Å². The number of hydrogen-bond acceptors (Lipinski definition) is 26. The molecule has 2 aliphatic heterocycles. The van der Waals surface area contributed by atoms with Crippen molar-refractivity contribution in [2.75, 3.05) is 32.8 Å². The first kappa shape index (κ1) is 95.7. The number of aliphatic hydroxyl groups excluding tert-OH is 1. The largest absolute Gasteiger partial charge is 0.481 e. The summed E-state index contributed by atoms with van der Waals surface area (Å²) in [6, 6.07) is 12.4. The fraction of sp³-hybridized carbons (Fsp3) is 0.560. The van der Waals surface area contributed by atoms with E-state index < -0.39 is 240 Å². The van der Waals surface area contributed by atoms with Gasteiger partial charge in [-0.15, -0.1) is 0 Å². The summed E-state index contributed by atoms with van der Waals surface area (Å²) in [5.41, 5.74) is 2.56. The highest BCUT2D eigenvalue weighted by Crippen LogP contribution is 2.64. The lowest BCUT2D eigenvalue weighted by molar-refractivity contribution is -0.346. The van der Waals surface area contributed by atoms with Gasteiger partial charge in [-0.05, 0) is 132 Å². The van der Waals surface area contributed by atoms with Crippen molar-refractivity contribution in [3.05, 3.63) is 119 Å². The summed E-state index contributed by atoms with van der Waals surface area (Å²) in [6.07, 6.45) is -13.9. The van der Waals surface area contributed by atoms with Gasteiger partial charge in [-0.2, -0.15) is 0 Å². The number of nitrogens with one attached hydrogen (secondary N) is 11. The number of carbonyl (C=O) groups excluding carboxylic acids is 15. The first-order valence-electron chi connectivity index (χ1n) is 40.7. The number of carbonyl (C=O) groups is 16. The van der Waals surface area contributed by atoms with E-state index in [-0.39, 0.29) is 111 Å². The van der Waals surface area contributed by atoms with Crippen LogP contribution >= 0.6 is 0 Å². The zero-order valence-electron chi connectivity index (χ0n) is 69.7. The molecule has 2 saturated carbocycles. The highest BCUT2D eigenvalue weighted by molar-refractivity contribution is 6.00. The Morgan fingerprint density at radius 2 is 1.22 bits per heavy atom. The van der Waals surface area contributed by atoms with E-state index in [0.29, 0.717) is 12.8 Å². The maximum absolute atomic E-state index is 16.0. The molecule has 38 heteroatoms. The molecule has 122 heavy (non-hydrogen) atoms. The smallest absolute Gasteiger partial charge is 0.350 e. The third-order valence-electron chi connectivity index (χ3n) is 22.9. The molecule has 3 aromatic rings. The fourth-order valence-corrected chi connectivity index (χ4v) is 16.4. The van der Waals surface area contributed by atoms with Crippen molar-refractivity contribution < 1.29 is 120 Å². The third kappa shape index (κ3) is 23.7. The van der Waals surface area contributed by atoms with E-state index in [0.717, 1.165) is 13.8 Å². The Balaban J connectivity index is 1.06. The van der Waals surface area contributed by atoms with Crippen molar-refractivity contribution in [2.24, 2.45) is 34.1 Å². The van der Waals surface area contributed by atoms with Crippen LogP contribution < -0.4 is 64.6 Å². The standard InChI is InChI=1S/C84H113N13O25/c1-44(2)38-55-77(113)94-54(76(112)96-56(39-62(103)104)73(109)90-42-61(102)92-52(32-23-37-89-80(86)87)75(111)93-53(30-19-21-35-85)74(110)91-46(4)71(107)95-55)31-20-22-36-88-60(101)33-34-63(105)120-67(65(49-24-13-10-14-25-49)97-72(108)50-26-15-11-16-27-50)79(115)119-57-41-84(116)70(121-78(114)51-28-17-12-18-29-51)68-82(9,58(100)40-59-83(68,43-117-59)122-48(6)99)69(106)66(118-47(5)98)64(45(57)3)81(84,7)8/h10-18,24-29,44,46,52-59,65-68,70,100,116H,19-23,30-43,85H2,1-9H3,(H,88,101)(H,90,109)(H,91,110)(H,92,102)(H,93,111)(H,94,113)(H,95,107)(H,96,112)(H,97,108)(H,103,104)(H4,86,87,89)/t46-,52-,53-,54-,55-,56+,57-,58-,59+,65-,66+,67+,68-,70-,82+,83-,84+/m0/s1. The highest BCUT2D eigenvalue weighted by atomic mass is 16.6. The second-order valence-electron chi connectivity index (χ2n) is 32.5. The van der Waals surface area contributed by atoms with E-state index in [1.165, 1.54) is 83.1 Å². The van der Waals surface area contributed by atoms with Crippen molar-refractivity contribution in [1.29, 1.82) is 5.41 Å². The van der Waals surface area contributed by atoms with Gasteiger partial charge in [-0.25, -0.2) is 9.59 Å². The van der Waals surface area contributed by atoms with E-state index in [1.54, 1.807) is 56.3 Å². The van der Waals surface area contributed by atoms with Crippen molar-refractivity contribution in [3.63, 3.8) is 0 Å². The number of nitrogens with two attached hydrogens (primary N) is 2. The number of ether oxygens (including phenoxy) is 6. The Bertz CT molecular complexity index is 4400. The number of carboxylic acid groups (broad SMARTS) is 1. The number of esters is 5. The molecule has 17 atom stereocenters. The van der Waals surface area contributed by atoms with Crippen LogP contribution in [0.15, 0.2) is 102 Å². The first-order valence-corrected chi connectivity index (χ1v) is 40.7. The number of aliphatic carboxylic acids is 1. The molecule has 5 aliphatic rings. The molecule has 0 spiro atoms. The summed E-state index contributed by atoms with van der Waals surface area (Å²) in [5, 5.41) is 69.6. The molecular weight excluding hydrogens is 1590 g/mol. The quantitative estimate of drug-likeness (QED) is 0.0103. The summed E-state index contributed by atoms with van der Waals surface area (Å²) in [5.74, 6) is -18.8. The zero-order valence-corrected chi connectivity index (χ0v) is 69.7. The number of guanidine groups is 1. The van der Waals surface area contributed by atoms with Gasteiger partial charge in [-0.3, -0.25) is 72.5 Å². The van der Waals surface area contributed by atoms with Gasteiger partial charge < -0.3 is 108 Å². The topological polar surface area (TPSA) is 585 Å². The molecule has 38 nitrogen and oxygen atoms in total. The van der Waals surface area contributed by atoms with Crippen LogP contribution in [0.5, 0.6) is 0 Å². The predicted octanol–water partition coefficient (Wildman–Crippen LogP) is 0.325. The lowest BCUT2D eigenvalue weighted by Crippen LogP contribution is -2.82. The molecule has 3 aliphatic carbocycles.